The van der Waals surface area contributed by atoms with Gasteiger partial charge in [-0.15, -0.1) is 0 Å². The van der Waals surface area contributed by atoms with Crippen molar-refractivity contribution >= 4 is 62.5 Å². The van der Waals surface area contributed by atoms with Crippen LogP contribution in [0.5, 0.6) is 0 Å². The Hall–Kier alpha value is 0.883. The summed E-state index contributed by atoms with van der Waals surface area (Å²) in [6.45, 7) is 0.472. The van der Waals surface area contributed by atoms with E-state index < -0.39 is 11.9 Å². The molecule has 0 aromatic heterocycles. The van der Waals surface area contributed by atoms with E-state index >= 15 is 0 Å². The molecule has 2 unspecified atom stereocenters. The Morgan fingerprint density at radius 1 is 0.793 bits per heavy atom. The standard InChI is InChI=1S/2C8H16O2S2.C2H7NO.Zn/c2*9-8(10)4-2-1-3-7(12)5-6-11;3-1-2-4;/h2*7,11-12H,1-6H2,(H,9,10);4H,1-3H2;/q;;;+2/p-2. The fraction of sp³-hybridized carbons (Fsp3) is 0.889. The van der Waals surface area contributed by atoms with Crippen LogP contribution < -0.4 is 15.9 Å². The first-order chi connectivity index (χ1) is 13.2. The second-order valence-electron chi connectivity index (χ2n) is 6.08. The van der Waals surface area contributed by atoms with Crippen molar-refractivity contribution in [3.63, 3.8) is 0 Å². The van der Waals surface area contributed by atoms with Crippen LogP contribution in [0.25, 0.3) is 0 Å². The summed E-state index contributed by atoms with van der Waals surface area (Å²) in [5.74, 6) is -0.233. The van der Waals surface area contributed by atoms with E-state index in [-0.39, 0.29) is 38.9 Å². The van der Waals surface area contributed by atoms with Gasteiger partial charge in [-0.25, -0.2) is 0 Å². The Morgan fingerprint density at radius 2 is 1.10 bits per heavy atom. The van der Waals surface area contributed by atoms with Crippen molar-refractivity contribution in [1.82, 2.24) is 0 Å². The summed E-state index contributed by atoms with van der Waals surface area (Å²) in [7, 11) is 0. The van der Waals surface area contributed by atoms with Crippen LogP contribution in [0.15, 0.2) is 0 Å². The van der Waals surface area contributed by atoms with Gasteiger partial charge in [-0.1, -0.05) is 12.8 Å². The molecule has 0 heterocycles. The molecular formula is C18H37NO5S4Zn. The van der Waals surface area contributed by atoms with Gasteiger partial charge in [0, 0.05) is 29.0 Å². The summed E-state index contributed by atoms with van der Waals surface area (Å²) in [5, 5.41) is 28.5. The molecule has 0 aliphatic heterocycles. The van der Waals surface area contributed by atoms with Crippen molar-refractivity contribution in [3.05, 3.63) is 0 Å². The summed E-state index contributed by atoms with van der Waals surface area (Å²) >= 11 is 16.8. The van der Waals surface area contributed by atoms with Crippen LogP contribution in [0.2, 0.25) is 0 Å². The normalized spacial score (nSPS) is 11.7. The SMILES string of the molecule is NCCO.O=C([O-])CCCCC(S)CCS.O=C([O-])CCCCC(S)CCS.[Zn+2]. The number of nitrogens with two attached hydrogens (primary N) is 1. The van der Waals surface area contributed by atoms with Crippen molar-refractivity contribution < 1.29 is 44.4 Å². The van der Waals surface area contributed by atoms with Crippen LogP contribution >= 0.6 is 50.5 Å². The fourth-order valence-electron chi connectivity index (χ4n) is 1.89. The Morgan fingerprint density at radius 3 is 1.31 bits per heavy atom. The maximum atomic E-state index is 10.0. The molecule has 0 aliphatic rings. The monoisotopic (exact) mass is 539 g/mol. The zero-order chi connectivity index (χ0) is 22.2. The largest absolute Gasteiger partial charge is 2.00 e. The zero-order valence-electron chi connectivity index (χ0n) is 17.2. The number of carbonyl (C=O) groups is 2. The Labute approximate surface area is 211 Å². The van der Waals surface area contributed by atoms with Crippen LogP contribution in [0.4, 0.5) is 0 Å². The molecule has 170 valence electrons. The van der Waals surface area contributed by atoms with E-state index in [1.54, 1.807) is 0 Å². The first kappa shape index (κ1) is 37.2. The van der Waals surface area contributed by atoms with Gasteiger partial charge < -0.3 is 30.6 Å². The number of carboxylic acid groups (broad SMARTS) is 2. The number of aliphatic hydroxyl groups is 1. The maximum absolute atomic E-state index is 10.0. The number of aliphatic hydroxyl groups excluding tert-OH is 1. The molecule has 0 bridgehead atoms. The van der Waals surface area contributed by atoms with Gasteiger partial charge in [-0.3, -0.25) is 0 Å². The van der Waals surface area contributed by atoms with Crippen LogP contribution in [0.3, 0.4) is 0 Å². The Bertz CT molecular complexity index is 326. The summed E-state index contributed by atoms with van der Waals surface area (Å²) < 4.78 is 0. The van der Waals surface area contributed by atoms with E-state index in [9.17, 15) is 19.8 Å². The third-order valence-electron chi connectivity index (χ3n) is 3.39. The van der Waals surface area contributed by atoms with E-state index in [1.807, 2.05) is 0 Å². The molecule has 0 radical (unpaired) electrons. The van der Waals surface area contributed by atoms with Crippen molar-refractivity contribution in [1.29, 1.82) is 0 Å². The molecule has 3 N–H and O–H groups in total. The van der Waals surface area contributed by atoms with Gasteiger partial charge in [-0.2, -0.15) is 50.5 Å². The van der Waals surface area contributed by atoms with E-state index in [2.05, 4.69) is 50.5 Å². The second-order valence-corrected chi connectivity index (χ2v) is 8.44. The third-order valence-corrected chi connectivity index (χ3v) is 4.94. The van der Waals surface area contributed by atoms with Crippen LogP contribution in [0.1, 0.15) is 64.2 Å². The summed E-state index contributed by atoms with van der Waals surface area (Å²) in [6, 6.07) is 0. The van der Waals surface area contributed by atoms with Crippen molar-refractivity contribution in [2.24, 2.45) is 5.73 Å². The Kier molecular flexibility index (Phi) is 39.9. The number of unbranched alkanes of at least 4 members (excludes halogenated alkanes) is 2. The first-order valence-corrected chi connectivity index (χ1v) is 11.8. The van der Waals surface area contributed by atoms with Crippen molar-refractivity contribution in [2.45, 2.75) is 74.7 Å². The number of rotatable bonds is 15. The predicted octanol–water partition coefficient (Wildman–Crippen LogP) is 0.765. The quantitative estimate of drug-likeness (QED) is 0.103. The molecule has 0 rings (SSSR count). The predicted molar refractivity (Wildman–Crippen MR) is 126 cm³/mol. The minimum atomic E-state index is -0.958. The minimum absolute atomic E-state index is 0. The van der Waals surface area contributed by atoms with Gasteiger partial charge >= 0.3 is 19.5 Å². The fourth-order valence-corrected chi connectivity index (χ4v) is 3.54. The third kappa shape index (κ3) is 43.6. The average molecular weight is 541 g/mol. The van der Waals surface area contributed by atoms with Crippen molar-refractivity contribution in [2.75, 3.05) is 24.7 Å². The maximum Gasteiger partial charge on any atom is 2.00 e. The average Bonchev–Trinajstić information content (AvgIpc) is 2.63. The van der Waals surface area contributed by atoms with Gasteiger partial charge in [0.1, 0.15) is 0 Å². The van der Waals surface area contributed by atoms with E-state index in [1.165, 1.54) is 0 Å². The number of carboxylic acids is 2. The summed E-state index contributed by atoms with van der Waals surface area (Å²) in [4.78, 5) is 20.1. The molecule has 0 amide bonds. The van der Waals surface area contributed by atoms with Gasteiger partial charge in [-0.05, 0) is 62.9 Å². The number of carbonyl (C=O) groups excluding carboxylic acids is 2. The second kappa shape index (κ2) is 31.1. The molecule has 6 nitrogen and oxygen atoms in total. The zero-order valence-corrected chi connectivity index (χ0v) is 23.8. The molecule has 11 heteroatoms. The van der Waals surface area contributed by atoms with Crippen molar-refractivity contribution in [3.8, 4) is 0 Å². The van der Waals surface area contributed by atoms with Crippen LogP contribution in [-0.2, 0) is 29.1 Å². The first-order valence-electron chi connectivity index (χ1n) is 9.53. The molecule has 0 aliphatic carbocycles. The molecule has 0 saturated heterocycles. The van der Waals surface area contributed by atoms with Gasteiger partial charge in [0.15, 0.2) is 0 Å². The number of hydrogen-bond acceptors (Lipinski definition) is 10. The van der Waals surface area contributed by atoms with Gasteiger partial charge in [0.2, 0.25) is 0 Å². The molecule has 0 aromatic carbocycles. The molecule has 2 atom stereocenters. The summed E-state index contributed by atoms with van der Waals surface area (Å²) in [6.07, 6.45) is 7.47. The minimum Gasteiger partial charge on any atom is -0.550 e. The van der Waals surface area contributed by atoms with E-state index in [0.717, 1.165) is 50.0 Å². The smallest absolute Gasteiger partial charge is 0.550 e. The topological polar surface area (TPSA) is 127 Å². The molecule has 0 fully saturated rings. The molecule has 0 spiro atoms. The number of aliphatic carboxylic acids is 2. The van der Waals surface area contributed by atoms with Crippen LogP contribution in [-0.4, -0.2) is 52.2 Å². The number of hydrogen-bond donors (Lipinski definition) is 6. The van der Waals surface area contributed by atoms with Crippen LogP contribution in [0, 0.1) is 0 Å². The van der Waals surface area contributed by atoms with E-state index in [4.69, 9.17) is 10.8 Å². The van der Waals surface area contributed by atoms with Gasteiger partial charge in [0.25, 0.3) is 0 Å². The Balaban J connectivity index is -0.000000177. The number of thiol groups is 4. The van der Waals surface area contributed by atoms with E-state index in [0.29, 0.717) is 29.9 Å². The molecule has 0 saturated carbocycles. The molecule has 29 heavy (non-hydrogen) atoms. The van der Waals surface area contributed by atoms with Gasteiger partial charge in [0.05, 0.1) is 6.61 Å². The summed E-state index contributed by atoms with van der Waals surface area (Å²) in [5.41, 5.74) is 4.78. The molecule has 0 aromatic rings. The molecular weight excluding hydrogens is 504 g/mol.